The maximum Gasteiger partial charge on any atom is 0.250 e. The first-order valence-corrected chi connectivity index (χ1v) is 9.79. The van der Waals surface area contributed by atoms with E-state index in [1.165, 1.54) is 16.2 Å². The van der Waals surface area contributed by atoms with Crippen molar-refractivity contribution in [1.29, 1.82) is 0 Å². The van der Waals surface area contributed by atoms with Crippen molar-refractivity contribution in [2.75, 3.05) is 13.1 Å². The van der Waals surface area contributed by atoms with Gasteiger partial charge in [0.25, 0.3) is 5.56 Å². The number of halogens is 1. The number of rotatable bonds is 5. The summed E-state index contributed by atoms with van der Waals surface area (Å²) in [5.41, 5.74) is 1.34. The molecule has 1 atom stereocenters. The van der Waals surface area contributed by atoms with Crippen LogP contribution in [0.5, 0.6) is 0 Å². The van der Waals surface area contributed by atoms with Crippen molar-refractivity contribution in [3.05, 3.63) is 57.1 Å². The number of piperidine rings is 1. The lowest BCUT2D eigenvalue weighted by Gasteiger charge is -2.29. The molecule has 2 aromatic rings. The molecule has 1 spiro atoms. The van der Waals surface area contributed by atoms with Crippen LogP contribution in [0.2, 0.25) is 0 Å². The highest BCUT2D eigenvalue weighted by molar-refractivity contribution is 7.07. The van der Waals surface area contributed by atoms with E-state index in [1.807, 2.05) is 10.3 Å². The number of nitrogens with one attached hydrogen (secondary N) is 1. The molecular formula is C19H24ClN3O2S. The Morgan fingerprint density at radius 1 is 1.31 bits per heavy atom. The average molecular weight is 394 g/mol. The summed E-state index contributed by atoms with van der Waals surface area (Å²) in [6, 6.07) is 7.39. The van der Waals surface area contributed by atoms with Crippen LogP contribution in [-0.2, 0) is 17.9 Å². The Hall–Kier alpha value is -1.63. The van der Waals surface area contributed by atoms with Crippen molar-refractivity contribution in [3.63, 3.8) is 0 Å². The molecule has 7 heteroatoms. The topological polar surface area (TPSA) is 54.3 Å². The monoisotopic (exact) mass is 393 g/mol. The van der Waals surface area contributed by atoms with Crippen molar-refractivity contribution < 1.29 is 4.79 Å². The van der Waals surface area contributed by atoms with Crippen molar-refractivity contribution in [2.24, 2.45) is 5.41 Å². The number of carbonyl (C=O) groups excluding carboxylic acids is 1. The molecule has 1 saturated heterocycles. The molecule has 26 heavy (non-hydrogen) atoms. The molecule has 2 fully saturated rings. The standard InChI is InChI=1S/C19H23N3O2S.ClH/c23-17-3-1-2-9-21(17)13-18(24)22(12-15-4-10-25-14-15)16-11-19(16)5-7-20-8-6-19;/h1-4,9-10,14,16,20H,5-8,11-13H2;1H. The van der Waals surface area contributed by atoms with Crippen molar-refractivity contribution in [1.82, 2.24) is 14.8 Å². The first kappa shape index (κ1) is 19.1. The molecule has 2 aromatic heterocycles. The van der Waals surface area contributed by atoms with E-state index in [1.54, 1.807) is 29.7 Å². The summed E-state index contributed by atoms with van der Waals surface area (Å²) >= 11 is 1.66. The van der Waals surface area contributed by atoms with Crippen molar-refractivity contribution in [3.8, 4) is 0 Å². The van der Waals surface area contributed by atoms with Gasteiger partial charge in [-0.15, -0.1) is 12.4 Å². The Bertz CT molecular complexity index is 799. The van der Waals surface area contributed by atoms with Crippen LogP contribution in [0.1, 0.15) is 24.8 Å². The molecule has 5 nitrogen and oxygen atoms in total. The lowest BCUT2D eigenvalue weighted by molar-refractivity contribution is -0.133. The van der Waals surface area contributed by atoms with Crippen LogP contribution < -0.4 is 10.9 Å². The third-order valence-corrected chi connectivity index (χ3v) is 6.31. The average Bonchev–Trinajstić information content (AvgIpc) is 3.06. The minimum absolute atomic E-state index is 0. The van der Waals surface area contributed by atoms with E-state index in [9.17, 15) is 9.59 Å². The van der Waals surface area contributed by atoms with Crippen molar-refractivity contribution in [2.45, 2.75) is 38.4 Å². The number of hydrogen-bond acceptors (Lipinski definition) is 4. The second kappa shape index (κ2) is 7.94. The van der Waals surface area contributed by atoms with Gasteiger partial charge in [-0.3, -0.25) is 9.59 Å². The molecule has 1 amide bonds. The predicted octanol–water partition coefficient (Wildman–Crippen LogP) is 2.50. The fourth-order valence-electron chi connectivity index (χ4n) is 4.01. The Morgan fingerprint density at radius 2 is 2.12 bits per heavy atom. The van der Waals surface area contributed by atoms with E-state index in [4.69, 9.17) is 0 Å². The SMILES string of the molecule is Cl.O=C(Cn1ccccc1=O)N(Cc1ccsc1)C1CC12CCNCC2. The van der Waals surface area contributed by atoms with E-state index in [2.05, 4.69) is 16.8 Å². The van der Waals surface area contributed by atoms with Crippen LogP contribution in [0.15, 0.2) is 46.0 Å². The van der Waals surface area contributed by atoms with Gasteiger partial charge in [-0.2, -0.15) is 11.3 Å². The van der Waals surface area contributed by atoms with E-state index in [0.29, 0.717) is 18.0 Å². The first-order valence-electron chi connectivity index (χ1n) is 8.85. The highest BCUT2D eigenvalue weighted by Crippen LogP contribution is 2.56. The maximum atomic E-state index is 13.1. The van der Waals surface area contributed by atoms with Crippen LogP contribution in [-0.4, -0.2) is 34.5 Å². The normalized spacial score (nSPS) is 20.4. The minimum Gasteiger partial charge on any atom is -0.333 e. The van der Waals surface area contributed by atoms with Gasteiger partial charge >= 0.3 is 0 Å². The highest BCUT2D eigenvalue weighted by atomic mass is 35.5. The number of thiophene rings is 1. The Balaban J connectivity index is 0.00000196. The van der Waals surface area contributed by atoms with Crippen molar-refractivity contribution >= 4 is 29.7 Å². The van der Waals surface area contributed by atoms with Gasteiger partial charge in [-0.25, -0.2) is 0 Å². The predicted molar refractivity (Wildman–Crippen MR) is 106 cm³/mol. The highest BCUT2D eigenvalue weighted by Gasteiger charge is 2.57. The van der Waals surface area contributed by atoms with Gasteiger partial charge in [-0.05, 0) is 66.2 Å². The van der Waals surface area contributed by atoms with E-state index in [0.717, 1.165) is 32.4 Å². The second-order valence-electron chi connectivity index (χ2n) is 7.15. The molecule has 1 aliphatic carbocycles. The number of pyridine rings is 1. The van der Waals surface area contributed by atoms with Gasteiger partial charge in [0.2, 0.25) is 5.91 Å². The molecule has 140 valence electrons. The number of nitrogens with zero attached hydrogens (tertiary/aromatic N) is 2. The van der Waals surface area contributed by atoms with Crippen LogP contribution in [0.3, 0.4) is 0 Å². The summed E-state index contributed by atoms with van der Waals surface area (Å²) in [5, 5.41) is 7.57. The zero-order valence-electron chi connectivity index (χ0n) is 14.6. The third-order valence-electron chi connectivity index (χ3n) is 5.58. The van der Waals surface area contributed by atoms with Crippen LogP contribution in [0.25, 0.3) is 0 Å². The molecule has 1 aliphatic heterocycles. The zero-order valence-corrected chi connectivity index (χ0v) is 16.2. The first-order chi connectivity index (χ1) is 12.2. The lowest BCUT2D eigenvalue weighted by Crippen LogP contribution is -2.41. The second-order valence-corrected chi connectivity index (χ2v) is 7.93. The summed E-state index contributed by atoms with van der Waals surface area (Å²) in [7, 11) is 0. The Morgan fingerprint density at radius 3 is 2.81 bits per heavy atom. The number of carbonyl (C=O) groups is 1. The van der Waals surface area contributed by atoms with E-state index >= 15 is 0 Å². The van der Waals surface area contributed by atoms with E-state index < -0.39 is 0 Å². The molecule has 4 rings (SSSR count). The molecule has 1 unspecified atom stereocenters. The van der Waals surface area contributed by atoms with Crippen LogP contribution >= 0.6 is 23.7 Å². The summed E-state index contributed by atoms with van der Waals surface area (Å²) in [4.78, 5) is 27.0. The molecule has 3 heterocycles. The third kappa shape index (κ3) is 3.87. The molecular weight excluding hydrogens is 370 g/mol. The van der Waals surface area contributed by atoms with Gasteiger partial charge in [0.05, 0.1) is 0 Å². The molecule has 1 saturated carbocycles. The lowest BCUT2D eigenvalue weighted by atomic mass is 9.93. The maximum absolute atomic E-state index is 13.1. The largest absolute Gasteiger partial charge is 0.333 e. The summed E-state index contributed by atoms with van der Waals surface area (Å²) < 4.78 is 1.50. The molecule has 2 aliphatic rings. The van der Waals surface area contributed by atoms with Gasteiger partial charge in [-0.1, -0.05) is 6.07 Å². The van der Waals surface area contributed by atoms with Crippen LogP contribution in [0, 0.1) is 5.41 Å². The van der Waals surface area contributed by atoms with Gasteiger partial charge in [0.15, 0.2) is 0 Å². The fourth-order valence-corrected chi connectivity index (χ4v) is 4.67. The summed E-state index contributed by atoms with van der Waals surface area (Å²) in [6.07, 6.45) is 5.05. The molecule has 0 bridgehead atoms. The Labute approximate surface area is 163 Å². The summed E-state index contributed by atoms with van der Waals surface area (Å²) in [6.45, 7) is 2.84. The fraction of sp³-hybridized carbons (Fsp3) is 0.474. The smallest absolute Gasteiger partial charge is 0.250 e. The van der Waals surface area contributed by atoms with Gasteiger partial charge < -0.3 is 14.8 Å². The quantitative estimate of drug-likeness (QED) is 0.849. The zero-order chi connectivity index (χ0) is 17.3. The molecule has 0 aromatic carbocycles. The summed E-state index contributed by atoms with van der Waals surface area (Å²) in [5.74, 6) is 0.0416. The number of amides is 1. The van der Waals surface area contributed by atoms with Gasteiger partial charge in [0.1, 0.15) is 6.54 Å². The number of aromatic nitrogens is 1. The molecule has 0 radical (unpaired) electrons. The van der Waals surface area contributed by atoms with Gasteiger partial charge in [0, 0.05) is 24.8 Å². The Kier molecular flexibility index (Phi) is 5.85. The minimum atomic E-state index is -0.126. The van der Waals surface area contributed by atoms with E-state index in [-0.39, 0.29) is 30.4 Å². The molecule has 1 N–H and O–H groups in total. The van der Waals surface area contributed by atoms with Crippen LogP contribution in [0.4, 0.5) is 0 Å². The number of hydrogen-bond donors (Lipinski definition) is 1.